The molecular formula is C28H41NO2. The van der Waals surface area contributed by atoms with Gasteiger partial charge in [-0.15, -0.1) is 0 Å². The van der Waals surface area contributed by atoms with Gasteiger partial charge in [-0.3, -0.25) is 9.78 Å². The van der Waals surface area contributed by atoms with Gasteiger partial charge in [0.25, 0.3) is 0 Å². The molecule has 1 aromatic heterocycles. The van der Waals surface area contributed by atoms with E-state index in [9.17, 15) is 4.79 Å². The standard InChI is InChI=1S/C28H41NO2/c1-4-6-7-8-9-10-14-24-16-21-27(29-22-24)25-17-19-26(20-18-25)31-28(30)15-12-11-13-23(3)5-2/h16-23H,4-15H2,1-3H3. The van der Waals surface area contributed by atoms with Crippen LogP contribution in [-0.2, 0) is 11.2 Å². The molecule has 3 heteroatoms. The first-order valence-corrected chi connectivity index (χ1v) is 12.4. The molecule has 1 atom stereocenters. The van der Waals surface area contributed by atoms with Gasteiger partial charge in [0.1, 0.15) is 5.75 Å². The van der Waals surface area contributed by atoms with Gasteiger partial charge in [0.15, 0.2) is 0 Å². The number of nitrogens with zero attached hydrogens (tertiary/aromatic N) is 1. The Morgan fingerprint density at radius 2 is 1.65 bits per heavy atom. The zero-order chi connectivity index (χ0) is 22.3. The summed E-state index contributed by atoms with van der Waals surface area (Å²) in [6, 6.07) is 11.9. The number of pyridine rings is 1. The average Bonchev–Trinajstić information content (AvgIpc) is 2.80. The maximum Gasteiger partial charge on any atom is 0.311 e. The molecule has 0 fully saturated rings. The molecule has 0 saturated heterocycles. The molecule has 1 aromatic carbocycles. The smallest absolute Gasteiger partial charge is 0.311 e. The van der Waals surface area contributed by atoms with Crippen LogP contribution in [0, 0.1) is 5.92 Å². The van der Waals surface area contributed by atoms with Crippen molar-refractivity contribution in [3.05, 3.63) is 48.2 Å². The van der Waals surface area contributed by atoms with Gasteiger partial charge in [-0.25, -0.2) is 0 Å². The van der Waals surface area contributed by atoms with E-state index in [1.807, 2.05) is 30.5 Å². The van der Waals surface area contributed by atoms with Crippen LogP contribution >= 0.6 is 0 Å². The fourth-order valence-electron chi connectivity index (χ4n) is 3.70. The number of esters is 1. The molecule has 2 rings (SSSR count). The molecule has 31 heavy (non-hydrogen) atoms. The van der Waals surface area contributed by atoms with Crippen molar-refractivity contribution in [3.8, 4) is 17.0 Å². The summed E-state index contributed by atoms with van der Waals surface area (Å²) in [4.78, 5) is 16.7. The summed E-state index contributed by atoms with van der Waals surface area (Å²) >= 11 is 0. The zero-order valence-electron chi connectivity index (χ0n) is 19.9. The van der Waals surface area contributed by atoms with Crippen molar-refractivity contribution in [2.75, 3.05) is 0 Å². The molecule has 1 unspecified atom stereocenters. The molecule has 3 nitrogen and oxygen atoms in total. The summed E-state index contributed by atoms with van der Waals surface area (Å²) in [6.07, 6.45) is 15.9. The number of rotatable bonds is 15. The zero-order valence-corrected chi connectivity index (χ0v) is 19.9. The van der Waals surface area contributed by atoms with E-state index < -0.39 is 0 Å². The highest BCUT2D eigenvalue weighted by molar-refractivity contribution is 5.72. The number of ether oxygens (including phenoxy) is 1. The number of aryl methyl sites for hydroxylation is 1. The number of unbranched alkanes of at least 4 members (excludes halogenated alkanes) is 6. The summed E-state index contributed by atoms with van der Waals surface area (Å²) < 4.78 is 5.48. The third kappa shape index (κ3) is 10.1. The van der Waals surface area contributed by atoms with E-state index in [0.29, 0.717) is 12.2 Å². The Bertz CT molecular complexity index is 737. The van der Waals surface area contributed by atoms with E-state index in [2.05, 4.69) is 37.9 Å². The highest BCUT2D eigenvalue weighted by Crippen LogP contribution is 2.22. The van der Waals surface area contributed by atoms with E-state index in [4.69, 9.17) is 4.74 Å². The molecule has 0 radical (unpaired) electrons. The third-order valence-corrected chi connectivity index (χ3v) is 6.05. The normalized spacial score (nSPS) is 12.0. The van der Waals surface area contributed by atoms with Gasteiger partial charge in [-0.05, 0) is 61.1 Å². The quantitative estimate of drug-likeness (QED) is 0.165. The lowest BCUT2D eigenvalue weighted by Crippen LogP contribution is -2.07. The van der Waals surface area contributed by atoms with Crippen molar-refractivity contribution in [1.29, 1.82) is 0 Å². The second kappa shape index (κ2) is 14.8. The molecular weight excluding hydrogens is 382 g/mol. The van der Waals surface area contributed by atoms with Crippen LogP contribution in [0.25, 0.3) is 11.3 Å². The first-order chi connectivity index (χ1) is 15.1. The summed E-state index contributed by atoms with van der Waals surface area (Å²) in [5.41, 5.74) is 3.30. The Balaban J connectivity index is 1.73. The van der Waals surface area contributed by atoms with Gasteiger partial charge in [-0.2, -0.15) is 0 Å². The number of carbonyl (C=O) groups excluding carboxylic acids is 1. The molecule has 1 heterocycles. The molecule has 2 aromatic rings. The van der Waals surface area contributed by atoms with Crippen LogP contribution < -0.4 is 4.74 Å². The Morgan fingerprint density at radius 1 is 0.903 bits per heavy atom. The van der Waals surface area contributed by atoms with Crippen molar-refractivity contribution < 1.29 is 9.53 Å². The van der Waals surface area contributed by atoms with Gasteiger partial charge in [0.05, 0.1) is 5.69 Å². The Labute approximate surface area is 189 Å². The third-order valence-electron chi connectivity index (χ3n) is 6.05. The molecule has 0 N–H and O–H groups in total. The average molecular weight is 424 g/mol. The highest BCUT2D eigenvalue weighted by atomic mass is 16.5. The number of aromatic nitrogens is 1. The number of benzene rings is 1. The van der Waals surface area contributed by atoms with Crippen LogP contribution in [0.4, 0.5) is 0 Å². The van der Waals surface area contributed by atoms with Gasteiger partial charge >= 0.3 is 5.97 Å². The first-order valence-electron chi connectivity index (χ1n) is 12.4. The van der Waals surface area contributed by atoms with E-state index >= 15 is 0 Å². The highest BCUT2D eigenvalue weighted by Gasteiger charge is 2.07. The minimum atomic E-state index is -0.144. The van der Waals surface area contributed by atoms with E-state index in [1.165, 1.54) is 56.9 Å². The van der Waals surface area contributed by atoms with Crippen LogP contribution in [0.5, 0.6) is 5.75 Å². The lowest BCUT2D eigenvalue weighted by Gasteiger charge is -2.08. The van der Waals surface area contributed by atoms with Crippen LogP contribution in [-0.4, -0.2) is 11.0 Å². The summed E-state index contributed by atoms with van der Waals surface area (Å²) in [7, 11) is 0. The summed E-state index contributed by atoms with van der Waals surface area (Å²) in [6.45, 7) is 6.73. The largest absolute Gasteiger partial charge is 0.427 e. The van der Waals surface area contributed by atoms with E-state index in [1.54, 1.807) is 0 Å². The van der Waals surface area contributed by atoms with Crippen molar-refractivity contribution in [1.82, 2.24) is 4.98 Å². The number of carbonyl (C=O) groups is 1. The van der Waals surface area contributed by atoms with Gasteiger partial charge in [0, 0.05) is 18.2 Å². The maximum absolute atomic E-state index is 12.0. The molecule has 0 aliphatic carbocycles. The summed E-state index contributed by atoms with van der Waals surface area (Å²) in [5.74, 6) is 1.20. The van der Waals surface area contributed by atoms with Crippen molar-refractivity contribution in [2.24, 2.45) is 5.92 Å². The van der Waals surface area contributed by atoms with Gasteiger partial charge in [-0.1, -0.05) is 78.2 Å². The minimum Gasteiger partial charge on any atom is -0.427 e. The lowest BCUT2D eigenvalue weighted by molar-refractivity contribution is -0.134. The molecule has 170 valence electrons. The second-order valence-electron chi connectivity index (χ2n) is 8.83. The maximum atomic E-state index is 12.0. The number of hydrogen-bond acceptors (Lipinski definition) is 3. The predicted molar refractivity (Wildman–Crippen MR) is 130 cm³/mol. The molecule has 0 aliphatic heterocycles. The monoisotopic (exact) mass is 423 g/mol. The predicted octanol–water partition coefficient (Wildman–Crippen LogP) is 8.16. The van der Waals surface area contributed by atoms with Crippen molar-refractivity contribution in [2.45, 2.75) is 97.8 Å². The van der Waals surface area contributed by atoms with Crippen LogP contribution in [0.3, 0.4) is 0 Å². The molecule has 0 saturated carbocycles. The molecule has 0 spiro atoms. The fourth-order valence-corrected chi connectivity index (χ4v) is 3.70. The number of hydrogen-bond donors (Lipinski definition) is 0. The van der Waals surface area contributed by atoms with Gasteiger partial charge in [0.2, 0.25) is 0 Å². The second-order valence-corrected chi connectivity index (χ2v) is 8.83. The van der Waals surface area contributed by atoms with Gasteiger partial charge < -0.3 is 4.74 Å². The fraction of sp³-hybridized carbons (Fsp3) is 0.571. The van der Waals surface area contributed by atoms with Crippen LogP contribution in [0.15, 0.2) is 42.6 Å². The first kappa shape index (κ1) is 25.1. The van der Waals surface area contributed by atoms with E-state index in [-0.39, 0.29) is 5.97 Å². The molecule has 0 amide bonds. The Morgan fingerprint density at radius 3 is 2.32 bits per heavy atom. The molecule has 0 bridgehead atoms. The topological polar surface area (TPSA) is 39.2 Å². The van der Waals surface area contributed by atoms with Crippen LogP contribution in [0.1, 0.15) is 97.0 Å². The van der Waals surface area contributed by atoms with E-state index in [0.717, 1.165) is 36.4 Å². The minimum absolute atomic E-state index is 0.144. The van der Waals surface area contributed by atoms with Crippen molar-refractivity contribution in [3.63, 3.8) is 0 Å². The Hall–Kier alpha value is -2.16. The summed E-state index contributed by atoms with van der Waals surface area (Å²) in [5, 5.41) is 0. The van der Waals surface area contributed by atoms with Crippen molar-refractivity contribution >= 4 is 5.97 Å². The Kier molecular flexibility index (Phi) is 12.0. The SMILES string of the molecule is CCCCCCCCc1ccc(-c2ccc(OC(=O)CCCCC(C)CC)cc2)nc1. The lowest BCUT2D eigenvalue weighted by atomic mass is 10.0. The van der Waals surface area contributed by atoms with Crippen LogP contribution in [0.2, 0.25) is 0 Å². The molecule has 0 aliphatic rings.